The number of methoxy groups -OCH3 is 1. The van der Waals surface area contributed by atoms with E-state index in [1.807, 2.05) is 27.0 Å². The lowest BCUT2D eigenvalue weighted by Gasteiger charge is -2.17. The number of Topliss-reactive ketones (excluding diaryl/α,β-unsaturated/α-hetero) is 1. The fourth-order valence-electron chi connectivity index (χ4n) is 1.88. The molecule has 0 saturated heterocycles. The standard InChI is InChI=1S/C13H17BrO2S/c1-7-8(2)13(16-4)11(9(3)12(7)14)10(15)6-17-5/h6H2,1-5H3. The largest absolute Gasteiger partial charge is 0.496 e. The van der Waals surface area contributed by atoms with E-state index in [9.17, 15) is 4.79 Å². The molecule has 0 fully saturated rings. The van der Waals surface area contributed by atoms with Crippen molar-refractivity contribution < 1.29 is 9.53 Å². The molecule has 0 unspecified atom stereocenters. The Hall–Kier alpha value is -0.480. The first-order valence-corrected chi connectivity index (χ1v) is 7.49. The molecule has 94 valence electrons. The minimum Gasteiger partial charge on any atom is -0.496 e. The SMILES string of the molecule is COc1c(C)c(C)c(Br)c(C)c1C(=O)CSC. The Morgan fingerprint density at radius 3 is 2.29 bits per heavy atom. The molecule has 0 bridgehead atoms. The third-order valence-electron chi connectivity index (χ3n) is 2.92. The summed E-state index contributed by atoms with van der Waals surface area (Å²) in [5.41, 5.74) is 3.82. The summed E-state index contributed by atoms with van der Waals surface area (Å²) in [4.78, 5) is 12.1. The van der Waals surface area contributed by atoms with E-state index >= 15 is 0 Å². The van der Waals surface area contributed by atoms with Gasteiger partial charge in [-0.3, -0.25) is 4.79 Å². The number of halogens is 1. The van der Waals surface area contributed by atoms with Crippen molar-refractivity contribution in [1.82, 2.24) is 0 Å². The summed E-state index contributed by atoms with van der Waals surface area (Å²) in [5.74, 6) is 1.31. The predicted octanol–water partition coefficient (Wildman–Crippen LogP) is 3.93. The fraction of sp³-hybridized carbons (Fsp3) is 0.462. The molecule has 0 aromatic heterocycles. The molecule has 0 atom stereocenters. The van der Waals surface area contributed by atoms with Crippen LogP contribution >= 0.6 is 27.7 Å². The normalized spacial score (nSPS) is 10.5. The molecule has 0 aliphatic carbocycles. The van der Waals surface area contributed by atoms with Crippen LogP contribution in [-0.2, 0) is 0 Å². The highest BCUT2D eigenvalue weighted by molar-refractivity contribution is 9.10. The number of ketones is 1. The molecule has 2 nitrogen and oxygen atoms in total. The summed E-state index contributed by atoms with van der Waals surface area (Å²) < 4.78 is 6.41. The first kappa shape index (κ1) is 14.6. The van der Waals surface area contributed by atoms with E-state index in [4.69, 9.17) is 4.74 Å². The monoisotopic (exact) mass is 316 g/mol. The van der Waals surface area contributed by atoms with Gasteiger partial charge >= 0.3 is 0 Å². The highest BCUT2D eigenvalue weighted by Crippen LogP contribution is 2.36. The van der Waals surface area contributed by atoms with Gasteiger partial charge in [0.15, 0.2) is 5.78 Å². The van der Waals surface area contributed by atoms with Crippen LogP contribution in [-0.4, -0.2) is 24.9 Å². The lowest BCUT2D eigenvalue weighted by Crippen LogP contribution is -2.10. The molecule has 1 aromatic carbocycles. The average molecular weight is 317 g/mol. The van der Waals surface area contributed by atoms with Crippen LogP contribution in [0.5, 0.6) is 5.75 Å². The number of thioether (sulfide) groups is 1. The molecule has 1 rings (SSSR count). The van der Waals surface area contributed by atoms with Gasteiger partial charge in [0.05, 0.1) is 18.4 Å². The molecule has 0 amide bonds. The van der Waals surface area contributed by atoms with Gasteiger partial charge in [-0.1, -0.05) is 15.9 Å². The number of hydrogen-bond acceptors (Lipinski definition) is 3. The van der Waals surface area contributed by atoms with Crippen LogP contribution in [0.25, 0.3) is 0 Å². The van der Waals surface area contributed by atoms with E-state index in [-0.39, 0.29) is 5.78 Å². The van der Waals surface area contributed by atoms with Crippen molar-refractivity contribution in [3.8, 4) is 5.75 Å². The number of ether oxygens (including phenoxy) is 1. The summed E-state index contributed by atoms with van der Waals surface area (Å²) in [6.45, 7) is 5.96. The number of carbonyl (C=O) groups is 1. The molecule has 1 aromatic rings. The molecule has 17 heavy (non-hydrogen) atoms. The lowest BCUT2D eigenvalue weighted by atomic mass is 9.97. The summed E-state index contributed by atoms with van der Waals surface area (Å²) in [6.07, 6.45) is 1.93. The summed E-state index contributed by atoms with van der Waals surface area (Å²) in [6, 6.07) is 0. The smallest absolute Gasteiger partial charge is 0.176 e. The van der Waals surface area contributed by atoms with Crippen molar-refractivity contribution in [2.45, 2.75) is 20.8 Å². The second-order valence-corrected chi connectivity index (χ2v) is 5.61. The number of benzene rings is 1. The molecule has 0 heterocycles. The van der Waals surface area contributed by atoms with Gasteiger partial charge in [-0.25, -0.2) is 0 Å². The van der Waals surface area contributed by atoms with Crippen LogP contribution in [0.1, 0.15) is 27.0 Å². The number of carbonyl (C=O) groups excluding carboxylic acids is 1. The molecule has 0 radical (unpaired) electrons. The first-order chi connectivity index (χ1) is 7.95. The quantitative estimate of drug-likeness (QED) is 0.787. The minimum absolute atomic E-state index is 0.121. The zero-order valence-electron chi connectivity index (χ0n) is 10.8. The maximum absolute atomic E-state index is 12.1. The molecule has 0 saturated carbocycles. The summed E-state index contributed by atoms with van der Waals surface area (Å²) >= 11 is 5.08. The highest BCUT2D eigenvalue weighted by Gasteiger charge is 2.21. The summed E-state index contributed by atoms with van der Waals surface area (Å²) in [5, 5.41) is 0. The van der Waals surface area contributed by atoms with Crippen molar-refractivity contribution in [3.63, 3.8) is 0 Å². The van der Waals surface area contributed by atoms with Crippen molar-refractivity contribution in [2.24, 2.45) is 0 Å². The highest BCUT2D eigenvalue weighted by atomic mass is 79.9. The fourth-order valence-corrected chi connectivity index (χ4v) is 2.78. The van der Waals surface area contributed by atoms with E-state index in [2.05, 4.69) is 15.9 Å². The number of rotatable bonds is 4. The molecular formula is C13H17BrO2S. The average Bonchev–Trinajstić information content (AvgIpc) is 2.31. The molecular weight excluding hydrogens is 300 g/mol. The van der Waals surface area contributed by atoms with Gasteiger partial charge in [-0.05, 0) is 43.7 Å². The van der Waals surface area contributed by atoms with E-state index in [1.165, 1.54) is 11.8 Å². The first-order valence-electron chi connectivity index (χ1n) is 5.31. The molecule has 0 aliphatic heterocycles. The van der Waals surface area contributed by atoms with Gasteiger partial charge in [-0.15, -0.1) is 0 Å². The van der Waals surface area contributed by atoms with Crippen molar-refractivity contribution in [1.29, 1.82) is 0 Å². The third kappa shape index (κ3) is 2.68. The molecule has 0 spiro atoms. The maximum Gasteiger partial charge on any atom is 0.176 e. The number of hydrogen-bond donors (Lipinski definition) is 0. The van der Waals surface area contributed by atoms with E-state index in [1.54, 1.807) is 7.11 Å². The van der Waals surface area contributed by atoms with Crippen molar-refractivity contribution in [3.05, 3.63) is 26.7 Å². The maximum atomic E-state index is 12.1. The van der Waals surface area contributed by atoms with Gasteiger partial charge in [0, 0.05) is 4.47 Å². The van der Waals surface area contributed by atoms with E-state index in [0.717, 1.165) is 21.2 Å². The second-order valence-electron chi connectivity index (χ2n) is 3.95. The van der Waals surface area contributed by atoms with E-state index < -0.39 is 0 Å². The van der Waals surface area contributed by atoms with Crippen molar-refractivity contribution in [2.75, 3.05) is 19.1 Å². The van der Waals surface area contributed by atoms with Crippen LogP contribution in [0.3, 0.4) is 0 Å². The lowest BCUT2D eigenvalue weighted by molar-refractivity contribution is 0.101. The van der Waals surface area contributed by atoms with Crippen molar-refractivity contribution >= 4 is 33.5 Å². The Balaban J connectivity index is 3.52. The van der Waals surface area contributed by atoms with E-state index in [0.29, 0.717) is 17.1 Å². The van der Waals surface area contributed by atoms with Gasteiger partial charge in [0.25, 0.3) is 0 Å². The van der Waals surface area contributed by atoms with Gasteiger partial charge in [0.2, 0.25) is 0 Å². The van der Waals surface area contributed by atoms with Gasteiger partial charge in [0.1, 0.15) is 5.75 Å². The Labute approximate surface area is 115 Å². The van der Waals surface area contributed by atoms with Crippen LogP contribution < -0.4 is 4.74 Å². The minimum atomic E-state index is 0.121. The van der Waals surface area contributed by atoms with Crippen LogP contribution in [0.2, 0.25) is 0 Å². The second kappa shape index (κ2) is 5.91. The third-order valence-corrected chi connectivity index (χ3v) is 4.66. The van der Waals surface area contributed by atoms with Gasteiger partial charge < -0.3 is 4.74 Å². The zero-order valence-corrected chi connectivity index (χ0v) is 13.2. The Morgan fingerprint density at radius 1 is 1.24 bits per heavy atom. The van der Waals surface area contributed by atoms with Gasteiger partial charge in [-0.2, -0.15) is 11.8 Å². The van der Waals surface area contributed by atoms with Crippen LogP contribution in [0.15, 0.2) is 4.47 Å². The zero-order chi connectivity index (χ0) is 13.2. The molecule has 0 aliphatic rings. The predicted molar refractivity (Wildman–Crippen MR) is 77.6 cm³/mol. The molecule has 4 heteroatoms. The molecule has 0 N–H and O–H groups in total. The summed E-state index contributed by atoms with van der Waals surface area (Å²) in [7, 11) is 1.62. The topological polar surface area (TPSA) is 26.3 Å². The van der Waals surface area contributed by atoms with Crippen LogP contribution in [0.4, 0.5) is 0 Å². The Bertz CT molecular complexity index is 455. The van der Waals surface area contributed by atoms with Crippen LogP contribution in [0, 0.1) is 20.8 Å². The Kier molecular flexibility index (Phi) is 5.07. The Morgan fingerprint density at radius 2 is 1.82 bits per heavy atom.